The van der Waals surface area contributed by atoms with Gasteiger partial charge in [-0.1, -0.05) is 25.1 Å². The number of anilines is 1. The Labute approximate surface area is 111 Å². The lowest BCUT2D eigenvalue weighted by Crippen LogP contribution is -2.51. The van der Waals surface area contributed by atoms with E-state index in [4.69, 9.17) is 5.73 Å². The number of rotatable bonds is 3. The van der Waals surface area contributed by atoms with Crippen LogP contribution >= 0.6 is 0 Å². The van der Waals surface area contributed by atoms with E-state index in [0.29, 0.717) is 12.1 Å². The number of nitrogens with zero attached hydrogens (tertiary/aromatic N) is 1. The topological polar surface area (TPSA) is 29.3 Å². The zero-order valence-electron chi connectivity index (χ0n) is 11.9. The second-order valence-corrected chi connectivity index (χ2v) is 5.72. The number of benzene rings is 1. The van der Waals surface area contributed by atoms with Crippen LogP contribution in [0.4, 0.5) is 5.69 Å². The molecule has 0 saturated heterocycles. The van der Waals surface area contributed by atoms with Gasteiger partial charge in [-0.3, -0.25) is 0 Å². The van der Waals surface area contributed by atoms with Crippen molar-refractivity contribution in [1.29, 1.82) is 0 Å². The van der Waals surface area contributed by atoms with Crippen molar-refractivity contribution < 1.29 is 0 Å². The van der Waals surface area contributed by atoms with Crippen LogP contribution in [0.5, 0.6) is 0 Å². The van der Waals surface area contributed by atoms with Gasteiger partial charge < -0.3 is 10.6 Å². The molecule has 0 heterocycles. The fourth-order valence-electron chi connectivity index (χ4n) is 3.20. The Morgan fingerprint density at radius 3 is 2.67 bits per heavy atom. The summed E-state index contributed by atoms with van der Waals surface area (Å²) in [4.78, 5) is 2.51. The van der Waals surface area contributed by atoms with E-state index in [1.807, 2.05) is 0 Å². The maximum absolute atomic E-state index is 6.36. The predicted molar refractivity (Wildman–Crippen MR) is 79.0 cm³/mol. The second-order valence-electron chi connectivity index (χ2n) is 5.72. The van der Waals surface area contributed by atoms with Gasteiger partial charge in [0.1, 0.15) is 0 Å². The molecule has 3 unspecified atom stereocenters. The second kappa shape index (κ2) is 5.75. The molecule has 1 aliphatic rings. The fraction of sp³-hybridized carbons (Fsp3) is 0.625. The quantitative estimate of drug-likeness (QED) is 0.886. The van der Waals surface area contributed by atoms with Crippen LogP contribution in [0.1, 0.15) is 38.7 Å². The number of para-hydroxylation sites is 1. The lowest BCUT2D eigenvalue weighted by molar-refractivity contribution is 0.295. The highest BCUT2D eigenvalue weighted by Gasteiger charge is 2.30. The average Bonchev–Trinajstić information content (AvgIpc) is 2.36. The van der Waals surface area contributed by atoms with Crippen LogP contribution in [0.15, 0.2) is 24.3 Å². The lowest BCUT2D eigenvalue weighted by atomic mass is 9.82. The van der Waals surface area contributed by atoms with Crippen molar-refractivity contribution in [1.82, 2.24) is 0 Å². The van der Waals surface area contributed by atoms with E-state index >= 15 is 0 Å². The van der Waals surface area contributed by atoms with Crippen LogP contribution < -0.4 is 10.6 Å². The van der Waals surface area contributed by atoms with Crippen molar-refractivity contribution in [3.05, 3.63) is 29.8 Å². The number of hydrogen-bond acceptors (Lipinski definition) is 2. The third-order valence-electron chi connectivity index (χ3n) is 4.30. The van der Waals surface area contributed by atoms with Crippen molar-refractivity contribution >= 4 is 5.69 Å². The summed E-state index contributed by atoms with van der Waals surface area (Å²) >= 11 is 0. The third-order valence-corrected chi connectivity index (χ3v) is 4.30. The van der Waals surface area contributed by atoms with Gasteiger partial charge in [0.2, 0.25) is 0 Å². The highest BCUT2D eigenvalue weighted by molar-refractivity contribution is 5.54. The molecule has 1 saturated carbocycles. The van der Waals surface area contributed by atoms with Crippen molar-refractivity contribution in [2.45, 2.75) is 52.1 Å². The van der Waals surface area contributed by atoms with Gasteiger partial charge in [0.05, 0.1) is 0 Å². The molecular formula is C16H26N2. The van der Waals surface area contributed by atoms with Gasteiger partial charge in [-0.2, -0.15) is 0 Å². The number of aryl methyl sites for hydroxylation is 1. The summed E-state index contributed by atoms with van der Waals surface area (Å²) in [5.41, 5.74) is 9.07. The monoisotopic (exact) mass is 246 g/mol. The number of likely N-dealkylation sites (N-methyl/N-ethyl adjacent to an activating group) is 1. The lowest BCUT2D eigenvalue weighted by Gasteiger charge is -2.42. The molecular weight excluding hydrogens is 220 g/mol. The van der Waals surface area contributed by atoms with Crippen molar-refractivity contribution in [3.8, 4) is 0 Å². The molecule has 3 atom stereocenters. The van der Waals surface area contributed by atoms with Gasteiger partial charge in [0.15, 0.2) is 0 Å². The molecule has 0 aliphatic heterocycles. The molecule has 1 aromatic rings. The summed E-state index contributed by atoms with van der Waals surface area (Å²) in [5.74, 6) is 0.799. The molecule has 0 radical (unpaired) electrons. The van der Waals surface area contributed by atoms with Crippen LogP contribution in [0.3, 0.4) is 0 Å². The smallest absolute Gasteiger partial charge is 0.0443 e. The van der Waals surface area contributed by atoms with Crippen molar-refractivity contribution in [2.24, 2.45) is 11.7 Å². The molecule has 0 aromatic heterocycles. The first kappa shape index (κ1) is 13.4. The van der Waals surface area contributed by atoms with E-state index in [1.165, 1.54) is 24.1 Å². The van der Waals surface area contributed by atoms with Gasteiger partial charge in [0.25, 0.3) is 0 Å². The largest absolute Gasteiger partial charge is 0.367 e. The highest BCUT2D eigenvalue weighted by atomic mass is 15.2. The van der Waals surface area contributed by atoms with E-state index in [-0.39, 0.29) is 0 Å². The maximum atomic E-state index is 6.36. The third kappa shape index (κ3) is 2.69. The molecule has 0 spiro atoms. The average molecular weight is 246 g/mol. The van der Waals surface area contributed by atoms with Gasteiger partial charge in [0, 0.05) is 24.3 Å². The number of nitrogens with two attached hydrogens (primary N) is 1. The molecule has 18 heavy (non-hydrogen) atoms. The Morgan fingerprint density at radius 2 is 2.00 bits per heavy atom. The van der Waals surface area contributed by atoms with Crippen LogP contribution in [-0.4, -0.2) is 18.6 Å². The standard InChI is InChI=1S/C16H26N2/c1-4-18(15-8-6-5-7-13(15)3)16-11-12(2)9-10-14(16)17/h5-8,12,14,16H,4,9-11,17H2,1-3H3. The van der Waals surface area contributed by atoms with Crippen LogP contribution in [-0.2, 0) is 0 Å². The van der Waals surface area contributed by atoms with E-state index in [0.717, 1.165) is 18.9 Å². The van der Waals surface area contributed by atoms with Gasteiger partial charge >= 0.3 is 0 Å². The van der Waals surface area contributed by atoms with Gasteiger partial charge in [-0.15, -0.1) is 0 Å². The molecule has 2 N–H and O–H groups in total. The summed E-state index contributed by atoms with van der Waals surface area (Å²) < 4.78 is 0. The minimum Gasteiger partial charge on any atom is -0.367 e. The zero-order valence-corrected chi connectivity index (χ0v) is 11.9. The zero-order chi connectivity index (χ0) is 13.1. The Morgan fingerprint density at radius 1 is 1.28 bits per heavy atom. The Hall–Kier alpha value is -1.02. The van der Waals surface area contributed by atoms with Crippen LogP contribution in [0, 0.1) is 12.8 Å². The minimum atomic E-state index is 0.320. The van der Waals surface area contributed by atoms with Crippen LogP contribution in [0.25, 0.3) is 0 Å². The molecule has 1 aliphatic carbocycles. The summed E-state index contributed by atoms with van der Waals surface area (Å²) in [5, 5.41) is 0. The summed E-state index contributed by atoms with van der Waals surface area (Å²) in [7, 11) is 0. The predicted octanol–water partition coefficient (Wildman–Crippen LogP) is 3.34. The van der Waals surface area contributed by atoms with Gasteiger partial charge in [-0.25, -0.2) is 0 Å². The highest BCUT2D eigenvalue weighted by Crippen LogP contribution is 2.31. The summed E-state index contributed by atoms with van der Waals surface area (Å²) in [6.07, 6.45) is 3.67. The fourth-order valence-corrected chi connectivity index (χ4v) is 3.20. The van der Waals surface area contributed by atoms with Crippen molar-refractivity contribution in [3.63, 3.8) is 0 Å². The van der Waals surface area contributed by atoms with Crippen LogP contribution in [0.2, 0.25) is 0 Å². The molecule has 1 fully saturated rings. The molecule has 2 rings (SSSR count). The molecule has 0 amide bonds. The first-order valence-electron chi connectivity index (χ1n) is 7.21. The molecule has 100 valence electrons. The first-order valence-corrected chi connectivity index (χ1v) is 7.21. The molecule has 2 heteroatoms. The Balaban J connectivity index is 2.25. The van der Waals surface area contributed by atoms with E-state index in [1.54, 1.807) is 0 Å². The van der Waals surface area contributed by atoms with E-state index < -0.39 is 0 Å². The van der Waals surface area contributed by atoms with Crippen molar-refractivity contribution in [2.75, 3.05) is 11.4 Å². The normalized spacial score (nSPS) is 28.1. The first-order chi connectivity index (χ1) is 8.63. The van der Waals surface area contributed by atoms with E-state index in [9.17, 15) is 0 Å². The molecule has 2 nitrogen and oxygen atoms in total. The van der Waals surface area contributed by atoms with E-state index in [2.05, 4.69) is 49.9 Å². The molecule has 0 bridgehead atoms. The van der Waals surface area contributed by atoms with Gasteiger partial charge in [-0.05, 0) is 50.7 Å². The summed E-state index contributed by atoms with van der Waals surface area (Å²) in [6.45, 7) is 7.81. The number of hydrogen-bond donors (Lipinski definition) is 1. The summed E-state index contributed by atoms with van der Waals surface area (Å²) in [6, 6.07) is 9.47. The molecule has 1 aromatic carbocycles. The minimum absolute atomic E-state index is 0.320. The Bertz CT molecular complexity index is 388. The SMILES string of the molecule is CCN(c1ccccc1C)C1CC(C)CCC1N. The maximum Gasteiger partial charge on any atom is 0.0443 e. The Kier molecular flexibility index (Phi) is 4.28.